The Bertz CT molecular complexity index is 644. The van der Waals surface area contributed by atoms with Crippen molar-refractivity contribution in [3.05, 3.63) is 60.2 Å². The van der Waals surface area contributed by atoms with Gasteiger partial charge in [-0.15, -0.1) is 5.11 Å². The third-order valence-electron chi connectivity index (χ3n) is 2.79. The minimum absolute atomic E-state index is 0.249. The van der Waals surface area contributed by atoms with Crippen molar-refractivity contribution >= 4 is 6.16 Å². The number of benzene rings is 2. The van der Waals surface area contributed by atoms with E-state index in [9.17, 15) is 4.79 Å². The smallest absolute Gasteiger partial charge is 0.493 e. The fourth-order valence-electron chi connectivity index (χ4n) is 1.76. The highest BCUT2D eigenvalue weighted by Gasteiger charge is 2.05. The van der Waals surface area contributed by atoms with E-state index in [-0.39, 0.29) is 6.54 Å². The molecule has 2 rings (SSSR count). The zero-order chi connectivity index (χ0) is 16.3. The number of para-hydroxylation sites is 2. The summed E-state index contributed by atoms with van der Waals surface area (Å²) in [5.74, 6) is 1.13. The molecule has 0 atom stereocenters. The predicted octanol–water partition coefficient (Wildman–Crippen LogP) is 4.56. The molecule has 0 N–H and O–H groups in total. The normalized spacial score (nSPS) is 10.5. The maximum Gasteiger partial charge on any atom is 0.542 e. The summed E-state index contributed by atoms with van der Waals surface area (Å²) in [6, 6.07) is 16.1. The second-order valence-electron chi connectivity index (χ2n) is 4.59. The molecule has 0 bridgehead atoms. The van der Waals surface area contributed by atoms with Crippen molar-refractivity contribution < 1.29 is 19.1 Å². The van der Waals surface area contributed by atoms with Crippen LogP contribution in [0.3, 0.4) is 0 Å². The number of carbonyl (C=O) groups excluding carboxylic acids is 1. The molecule has 0 amide bonds. The first kappa shape index (κ1) is 16.5. The summed E-state index contributed by atoms with van der Waals surface area (Å²) in [5.41, 5.74) is 0.865. The van der Waals surface area contributed by atoms with Crippen molar-refractivity contribution in [1.29, 1.82) is 0 Å². The summed E-state index contributed by atoms with van der Waals surface area (Å²) >= 11 is 0. The van der Waals surface area contributed by atoms with E-state index in [1.54, 1.807) is 24.3 Å². The minimum atomic E-state index is -0.935. The van der Waals surface area contributed by atoms with Crippen LogP contribution in [0.25, 0.3) is 0 Å². The van der Waals surface area contributed by atoms with Gasteiger partial charge < -0.3 is 9.47 Å². The summed E-state index contributed by atoms with van der Waals surface area (Å²) in [4.78, 5) is 16.0. The lowest BCUT2D eigenvalue weighted by Crippen LogP contribution is -2.06. The van der Waals surface area contributed by atoms with Gasteiger partial charge in [-0.2, -0.15) is 0 Å². The van der Waals surface area contributed by atoms with Crippen LogP contribution in [0.4, 0.5) is 4.79 Å². The zero-order valence-corrected chi connectivity index (χ0v) is 12.8. The van der Waals surface area contributed by atoms with Crippen molar-refractivity contribution in [2.75, 3.05) is 6.61 Å². The molecule has 0 radical (unpaired) electrons. The van der Waals surface area contributed by atoms with Gasteiger partial charge in [0.25, 0.3) is 0 Å². The maximum absolute atomic E-state index is 11.4. The molecule has 6 nitrogen and oxygen atoms in total. The quantitative estimate of drug-likeness (QED) is 0.325. The Kier molecular flexibility index (Phi) is 6.59. The highest BCUT2D eigenvalue weighted by atomic mass is 16.8. The third kappa shape index (κ3) is 5.78. The summed E-state index contributed by atoms with van der Waals surface area (Å²) in [6.07, 6.45) is -0.0138. The standard InChI is InChI=1S/C17H18N2O4/c1-2-12-21-16-11-7-6-8-14(16)13-18-19-23-17(20)22-15-9-4-3-5-10-15/h3-11H,2,12-13H2,1H3. The van der Waals surface area contributed by atoms with Crippen molar-refractivity contribution in [3.63, 3.8) is 0 Å². The molecule has 120 valence electrons. The summed E-state index contributed by atoms with van der Waals surface area (Å²) in [5, 5.41) is 7.19. The first-order valence-electron chi connectivity index (χ1n) is 7.31. The van der Waals surface area contributed by atoms with Gasteiger partial charge in [0.15, 0.2) is 0 Å². The largest absolute Gasteiger partial charge is 0.542 e. The highest BCUT2D eigenvalue weighted by molar-refractivity contribution is 5.63. The van der Waals surface area contributed by atoms with Gasteiger partial charge >= 0.3 is 6.16 Å². The van der Waals surface area contributed by atoms with Gasteiger partial charge in [-0.05, 0) is 24.6 Å². The molecule has 2 aromatic rings. The molecule has 23 heavy (non-hydrogen) atoms. The molecule has 0 aliphatic heterocycles. The molecule has 0 aromatic heterocycles. The van der Waals surface area contributed by atoms with Crippen molar-refractivity contribution in [3.8, 4) is 11.5 Å². The van der Waals surface area contributed by atoms with E-state index >= 15 is 0 Å². The molecule has 2 aromatic carbocycles. The Labute approximate surface area is 134 Å². The summed E-state index contributed by atoms with van der Waals surface area (Å²) in [7, 11) is 0. The van der Waals surface area contributed by atoms with Crippen molar-refractivity contribution in [2.24, 2.45) is 10.4 Å². The van der Waals surface area contributed by atoms with Gasteiger partial charge in [0, 0.05) is 10.8 Å². The lowest BCUT2D eigenvalue weighted by molar-refractivity contribution is 0.0932. The average Bonchev–Trinajstić information content (AvgIpc) is 2.58. The van der Waals surface area contributed by atoms with E-state index in [1.807, 2.05) is 37.3 Å². The van der Waals surface area contributed by atoms with Crippen LogP contribution in [-0.4, -0.2) is 12.8 Å². The molecule has 0 aliphatic carbocycles. The van der Waals surface area contributed by atoms with Crippen LogP contribution in [0.2, 0.25) is 0 Å². The van der Waals surface area contributed by atoms with E-state index < -0.39 is 6.16 Å². The monoisotopic (exact) mass is 314 g/mol. The Hall–Kier alpha value is -2.89. The molecule has 0 fully saturated rings. The molecular weight excluding hydrogens is 296 g/mol. The molecule has 0 aliphatic rings. The van der Waals surface area contributed by atoms with Crippen LogP contribution >= 0.6 is 0 Å². The summed E-state index contributed by atoms with van der Waals surface area (Å²) < 4.78 is 10.5. The Morgan fingerprint density at radius 1 is 1.04 bits per heavy atom. The maximum atomic E-state index is 11.4. The third-order valence-corrected chi connectivity index (χ3v) is 2.79. The van der Waals surface area contributed by atoms with Gasteiger partial charge in [0.2, 0.25) is 0 Å². The number of carbonyl (C=O) groups is 1. The number of nitrogens with zero attached hydrogens (tertiary/aromatic N) is 2. The SMILES string of the molecule is CCCOc1ccccc1CN=NOC(=O)Oc1ccccc1. The van der Waals surface area contributed by atoms with Crippen LogP contribution in [0.15, 0.2) is 65.0 Å². The van der Waals surface area contributed by atoms with Gasteiger partial charge in [0.1, 0.15) is 11.5 Å². The molecule has 0 saturated carbocycles. The lowest BCUT2D eigenvalue weighted by Gasteiger charge is -2.08. The first-order valence-corrected chi connectivity index (χ1v) is 7.31. The van der Waals surface area contributed by atoms with E-state index in [0.717, 1.165) is 17.7 Å². The average molecular weight is 314 g/mol. The number of rotatable bonds is 7. The van der Waals surface area contributed by atoms with E-state index in [0.29, 0.717) is 12.4 Å². The Balaban J connectivity index is 1.81. The van der Waals surface area contributed by atoms with Gasteiger partial charge in [-0.3, -0.25) is 4.84 Å². The van der Waals surface area contributed by atoms with Gasteiger partial charge in [-0.25, -0.2) is 4.79 Å². The Morgan fingerprint density at radius 2 is 1.78 bits per heavy atom. The Morgan fingerprint density at radius 3 is 2.57 bits per heavy atom. The molecule has 0 saturated heterocycles. The second-order valence-corrected chi connectivity index (χ2v) is 4.59. The number of hydrogen-bond donors (Lipinski definition) is 0. The van der Waals surface area contributed by atoms with Crippen molar-refractivity contribution in [1.82, 2.24) is 0 Å². The first-order chi connectivity index (χ1) is 11.3. The molecular formula is C17H18N2O4. The fraction of sp³-hybridized carbons (Fsp3) is 0.235. The summed E-state index contributed by atoms with van der Waals surface area (Å²) in [6.45, 7) is 2.92. The number of hydrogen-bond acceptors (Lipinski definition) is 6. The van der Waals surface area contributed by atoms with E-state index in [2.05, 4.69) is 15.2 Å². The molecule has 0 unspecified atom stereocenters. The van der Waals surface area contributed by atoms with E-state index in [4.69, 9.17) is 9.47 Å². The topological polar surface area (TPSA) is 69.5 Å². The highest BCUT2D eigenvalue weighted by Crippen LogP contribution is 2.19. The van der Waals surface area contributed by atoms with Crippen LogP contribution in [-0.2, 0) is 11.4 Å². The van der Waals surface area contributed by atoms with E-state index in [1.165, 1.54) is 0 Å². The van der Waals surface area contributed by atoms with Gasteiger partial charge in [0.05, 0.1) is 13.2 Å². The van der Waals surface area contributed by atoms with Crippen LogP contribution in [0.1, 0.15) is 18.9 Å². The molecule has 0 heterocycles. The van der Waals surface area contributed by atoms with Crippen molar-refractivity contribution in [2.45, 2.75) is 19.9 Å². The van der Waals surface area contributed by atoms with Gasteiger partial charge in [-0.1, -0.05) is 43.3 Å². The van der Waals surface area contributed by atoms with Crippen LogP contribution in [0, 0.1) is 0 Å². The van der Waals surface area contributed by atoms with Crippen LogP contribution < -0.4 is 9.47 Å². The zero-order valence-electron chi connectivity index (χ0n) is 12.8. The minimum Gasteiger partial charge on any atom is -0.493 e. The fourth-order valence-corrected chi connectivity index (χ4v) is 1.76. The second kappa shape index (κ2) is 9.19. The predicted molar refractivity (Wildman–Crippen MR) is 84.3 cm³/mol. The molecule has 0 spiro atoms. The van der Waals surface area contributed by atoms with Crippen LogP contribution in [0.5, 0.6) is 11.5 Å². The molecule has 6 heteroatoms. The number of ether oxygens (including phenoxy) is 2. The lowest BCUT2D eigenvalue weighted by atomic mass is 10.2.